The molecule has 1 amide bonds. The predicted molar refractivity (Wildman–Crippen MR) is 117 cm³/mol. The Morgan fingerprint density at radius 2 is 1.79 bits per heavy atom. The molecule has 0 bridgehead atoms. The van der Waals surface area contributed by atoms with Crippen LogP contribution < -0.4 is 15.5 Å². The fourth-order valence-electron chi connectivity index (χ4n) is 3.89. The van der Waals surface area contributed by atoms with E-state index < -0.39 is 0 Å². The van der Waals surface area contributed by atoms with Crippen molar-refractivity contribution in [1.82, 2.24) is 4.90 Å². The quantitative estimate of drug-likeness (QED) is 0.774. The summed E-state index contributed by atoms with van der Waals surface area (Å²) in [5, 5.41) is 6.16. The first-order valence-corrected chi connectivity index (χ1v) is 10.1. The lowest BCUT2D eigenvalue weighted by molar-refractivity contribution is -0.110. The summed E-state index contributed by atoms with van der Waals surface area (Å²) >= 11 is 0. The molecule has 2 aromatic carbocycles. The molecule has 1 atom stereocenters. The Hall–Kier alpha value is -2.79. The molecule has 1 fully saturated rings. The lowest BCUT2D eigenvalue weighted by atomic mass is 10.1. The molecule has 0 radical (unpaired) electrons. The molecule has 4 rings (SSSR count). The van der Waals surface area contributed by atoms with Gasteiger partial charge in [0.2, 0.25) is 0 Å². The summed E-state index contributed by atoms with van der Waals surface area (Å²) in [5.74, 6) is -0.0653. The van der Waals surface area contributed by atoms with Crippen LogP contribution in [0.3, 0.4) is 0 Å². The first-order valence-electron chi connectivity index (χ1n) is 10.1. The van der Waals surface area contributed by atoms with Crippen LogP contribution in [-0.4, -0.2) is 43.0 Å². The number of carbonyl (C=O) groups excluding carboxylic acids is 1. The van der Waals surface area contributed by atoms with Gasteiger partial charge in [-0.2, -0.15) is 0 Å². The average Bonchev–Trinajstić information content (AvgIpc) is 3.07. The third kappa shape index (κ3) is 3.76. The molecule has 5 nitrogen and oxygen atoms in total. The Morgan fingerprint density at radius 1 is 1.07 bits per heavy atom. The molecule has 0 saturated carbocycles. The number of benzene rings is 2. The lowest BCUT2D eigenvalue weighted by Crippen LogP contribution is -2.49. The number of nitrogens with zero attached hydrogens (tertiary/aromatic N) is 2. The summed E-state index contributed by atoms with van der Waals surface area (Å²) in [6.45, 7) is 8.95. The molecule has 28 heavy (non-hydrogen) atoms. The number of piperazine rings is 1. The predicted octanol–water partition coefficient (Wildman–Crippen LogP) is 4.01. The van der Waals surface area contributed by atoms with E-state index in [0.29, 0.717) is 11.6 Å². The van der Waals surface area contributed by atoms with Gasteiger partial charge in [-0.25, -0.2) is 0 Å². The fourth-order valence-corrected chi connectivity index (χ4v) is 3.89. The van der Waals surface area contributed by atoms with Crippen LogP contribution >= 0.6 is 0 Å². The highest BCUT2D eigenvalue weighted by atomic mass is 16.2. The first kappa shape index (κ1) is 18.6. The second-order valence-corrected chi connectivity index (χ2v) is 7.53. The largest absolute Gasteiger partial charge is 0.369 e. The second-order valence-electron chi connectivity index (χ2n) is 7.53. The van der Waals surface area contributed by atoms with E-state index in [9.17, 15) is 4.79 Å². The molecule has 2 N–H and O–H groups in total. The molecule has 0 aromatic heterocycles. The normalized spacial score (nSPS) is 19.4. The molecule has 2 heterocycles. The zero-order chi connectivity index (χ0) is 19.5. The van der Waals surface area contributed by atoms with Gasteiger partial charge in [0.25, 0.3) is 5.91 Å². The van der Waals surface area contributed by atoms with Gasteiger partial charge >= 0.3 is 0 Å². The Bertz CT molecular complexity index is 866. The van der Waals surface area contributed by atoms with Crippen molar-refractivity contribution >= 4 is 28.5 Å². The van der Waals surface area contributed by atoms with Crippen LogP contribution in [0.15, 0.2) is 54.7 Å². The zero-order valence-electron chi connectivity index (χ0n) is 16.6. The summed E-state index contributed by atoms with van der Waals surface area (Å²) in [6, 6.07) is 16.9. The van der Waals surface area contributed by atoms with Gasteiger partial charge in [-0.15, -0.1) is 0 Å². The maximum absolute atomic E-state index is 12.2. The van der Waals surface area contributed by atoms with Crippen molar-refractivity contribution in [3.63, 3.8) is 0 Å². The zero-order valence-corrected chi connectivity index (χ0v) is 16.6. The molecular formula is C23H28N4O. The van der Waals surface area contributed by atoms with Gasteiger partial charge in [-0.1, -0.05) is 25.1 Å². The molecule has 0 aliphatic carbocycles. The number of fused-ring (bicyclic) bond motifs is 1. The smallest absolute Gasteiger partial charge is 0.257 e. The van der Waals surface area contributed by atoms with Gasteiger partial charge in [0.05, 0.1) is 5.57 Å². The van der Waals surface area contributed by atoms with E-state index in [-0.39, 0.29) is 5.91 Å². The molecule has 1 saturated heterocycles. The highest BCUT2D eigenvalue weighted by molar-refractivity contribution is 6.31. The SMILES string of the molecule is CCC(C)N1CCN(c2ccc(N/C=C3/C(=O)Nc4ccccc43)cc2)CC1. The van der Waals surface area contributed by atoms with Crippen molar-refractivity contribution in [2.24, 2.45) is 0 Å². The van der Waals surface area contributed by atoms with Crippen molar-refractivity contribution in [2.75, 3.05) is 41.7 Å². The first-order chi connectivity index (χ1) is 13.7. The van der Waals surface area contributed by atoms with Crippen LogP contribution in [0, 0.1) is 0 Å². The van der Waals surface area contributed by atoms with E-state index in [1.807, 2.05) is 24.3 Å². The second kappa shape index (κ2) is 8.07. The third-order valence-corrected chi connectivity index (χ3v) is 5.85. The number of hydrogen-bond donors (Lipinski definition) is 2. The topological polar surface area (TPSA) is 47.6 Å². The monoisotopic (exact) mass is 376 g/mol. The number of carbonyl (C=O) groups is 1. The summed E-state index contributed by atoms with van der Waals surface area (Å²) < 4.78 is 0. The van der Waals surface area contributed by atoms with Crippen molar-refractivity contribution < 1.29 is 4.79 Å². The summed E-state index contributed by atoms with van der Waals surface area (Å²) in [7, 11) is 0. The summed E-state index contributed by atoms with van der Waals surface area (Å²) in [6.07, 6.45) is 3.00. The highest BCUT2D eigenvalue weighted by Crippen LogP contribution is 2.31. The standard InChI is InChI=1S/C23H28N4O/c1-3-17(2)26-12-14-27(15-13-26)19-10-8-18(9-11-19)24-16-21-20-6-4-5-7-22(20)25-23(21)28/h4-11,16-17,24H,3,12-15H2,1-2H3,(H,25,28)/b21-16+. The maximum Gasteiger partial charge on any atom is 0.257 e. The van der Waals surface area contributed by atoms with E-state index in [4.69, 9.17) is 0 Å². The minimum Gasteiger partial charge on any atom is -0.369 e. The van der Waals surface area contributed by atoms with E-state index >= 15 is 0 Å². The highest BCUT2D eigenvalue weighted by Gasteiger charge is 2.23. The Balaban J connectivity index is 1.39. The van der Waals surface area contributed by atoms with E-state index in [1.165, 1.54) is 12.1 Å². The lowest BCUT2D eigenvalue weighted by Gasteiger charge is -2.39. The Kier molecular flexibility index (Phi) is 5.35. The van der Waals surface area contributed by atoms with Crippen molar-refractivity contribution in [2.45, 2.75) is 26.3 Å². The minimum absolute atomic E-state index is 0.0653. The molecule has 0 spiro atoms. The van der Waals surface area contributed by atoms with Crippen molar-refractivity contribution in [3.8, 4) is 0 Å². The number of anilines is 3. The molecule has 2 aromatic rings. The Morgan fingerprint density at radius 3 is 2.50 bits per heavy atom. The van der Waals surface area contributed by atoms with Gasteiger partial charge in [0, 0.05) is 61.0 Å². The molecule has 146 valence electrons. The van der Waals surface area contributed by atoms with Gasteiger partial charge in [0.15, 0.2) is 0 Å². The molecule has 2 aliphatic heterocycles. The summed E-state index contributed by atoms with van der Waals surface area (Å²) in [5.41, 5.74) is 4.71. The Labute approximate surface area is 167 Å². The van der Waals surface area contributed by atoms with Crippen LogP contribution in [0.5, 0.6) is 0 Å². The third-order valence-electron chi connectivity index (χ3n) is 5.85. The van der Waals surface area contributed by atoms with Crippen LogP contribution in [0.1, 0.15) is 25.8 Å². The molecule has 2 aliphatic rings. The molecular weight excluding hydrogens is 348 g/mol. The number of amides is 1. The van der Waals surface area contributed by atoms with Crippen molar-refractivity contribution in [1.29, 1.82) is 0 Å². The van der Waals surface area contributed by atoms with E-state index in [1.54, 1.807) is 6.20 Å². The van der Waals surface area contributed by atoms with Crippen LogP contribution in [-0.2, 0) is 4.79 Å². The number of rotatable bonds is 5. The van der Waals surface area contributed by atoms with Crippen LogP contribution in [0.4, 0.5) is 17.1 Å². The maximum atomic E-state index is 12.2. The van der Waals surface area contributed by atoms with Crippen LogP contribution in [0.25, 0.3) is 5.57 Å². The fraction of sp³-hybridized carbons (Fsp3) is 0.348. The van der Waals surface area contributed by atoms with Gasteiger partial charge in [-0.05, 0) is 43.7 Å². The number of hydrogen-bond acceptors (Lipinski definition) is 4. The number of para-hydroxylation sites is 1. The number of nitrogens with one attached hydrogen (secondary N) is 2. The summed E-state index contributed by atoms with van der Waals surface area (Å²) in [4.78, 5) is 17.2. The minimum atomic E-state index is -0.0653. The van der Waals surface area contributed by atoms with Gasteiger partial charge < -0.3 is 15.5 Å². The van der Waals surface area contributed by atoms with Crippen LogP contribution in [0.2, 0.25) is 0 Å². The molecule has 5 heteroatoms. The molecule has 1 unspecified atom stereocenters. The van der Waals surface area contributed by atoms with E-state index in [0.717, 1.165) is 43.1 Å². The van der Waals surface area contributed by atoms with Gasteiger partial charge in [0.1, 0.15) is 0 Å². The van der Waals surface area contributed by atoms with Gasteiger partial charge in [-0.3, -0.25) is 9.69 Å². The van der Waals surface area contributed by atoms with E-state index in [2.05, 4.69) is 58.5 Å². The average molecular weight is 377 g/mol. The van der Waals surface area contributed by atoms with Crippen molar-refractivity contribution in [3.05, 3.63) is 60.3 Å².